The monoisotopic (exact) mass is 355 g/mol. The predicted octanol–water partition coefficient (Wildman–Crippen LogP) is 0.397. The van der Waals surface area contributed by atoms with E-state index in [9.17, 15) is 8.42 Å². The van der Waals surface area contributed by atoms with Crippen molar-refractivity contribution in [3.8, 4) is 0 Å². The molecule has 0 saturated carbocycles. The van der Waals surface area contributed by atoms with Crippen LogP contribution >= 0.6 is 0 Å². The third-order valence-electron chi connectivity index (χ3n) is 4.51. The largest absolute Gasteiger partial charge is 0.378 e. The molecule has 3 heterocycles. The van der Waals surface area contributed by atoms with Crippen LogP contribution in [0.1, 0.15) is 12.8 Å². The van der Waals surface area contributed by atoms with Crippen LogP contribution in [0.2, 0.25) is 0 Å². The molecule has 1 N–H and O–H groups in total. The minimum absolute atomic E-state index is 0.301. The van der Waals surface area contributed by atoms with E-state index in [0.29, 0.717) is 25.6 Å². The smallest absolute Gasteiger partial charge is 0.211 e. The van der Waals surface area contributed by atoms with E-state index in [0.717, 1.165) is 50.8 Å². The number of hydrogen-bond donors (Lipinski definition) is 1. The van der Waals surface area contributed by atoms with Crippen molar-refractivity contribution in [2.24, 2.45) is 5.92 Å². The summed E-state index contributed by atoms with van der Waals surface area (Å²) >= 11 is 0. The summed E-state index contributed by atoms with van der Waals surface area (Å²) in [4.78, 5) is 10.8. The molecule has 0 bridgehead atoms. The van der Waals surface area contributed by atoms with Crippen LogP contribution in [-0.4, -0.2) is 74.9 Å². The summed E-state index contributed by atoms with van der Waals surface area (Å²) in [6.07, 6.45) is 4.78. The summed E-state index contributed by atoms with van der Waals surface area (Å²) in [5.41, 5.74) is 0. The Morgan fingerprint density at radius 1 is 1.29 bits per heavy atom. The van der Waals surface area contributed by atoms with Crippen molar-refractivity contribution in [1.82, 2.24) is 14.3 Å². The van der Waals surface area contributed by atoms with Crippen LogP contribution in [0.25, 0.3) is 0 Å². The second-order valence-electron chi connectivity index (χ2n) is 6.37. The number of aromatic nitrogens is 2. The van der Waals surface area contributed by atoms with Crippen LogP contribution < -0.4 is 10.2 Å². The molecular formula is C15H25N5O3S. The molecule has 0 spiro atoms. The van der Waals surface area contributed by atoms with Crippen molar-refractivity contribution in [3.05, 3.63) is 12.4 Å². The second kappa shape index (κ2) is 7.62. The first-order valence-corrected chi connectivity index (χ1v) is 10.2. The number of ether oxygens (including phenoxy) is 1. The van der Waals surface area contributed by atoms with Crippen LogP contribution in [0.4, 0.5) is 11.6 Å². The first kappa shape index (κ1) is 17.4. The molecule has 2 aliphatic rings. The van der Waals surface area contributed by atoms with Crippen LogP contribution in [-0.2, 0) is 14.8 Å². The summed E-state index contributed by atoms with van der Waals surface area (Å²) in [5.74, 6) is 1.98. The van der Waals surface area contributed by atoms with E-state index < -0.39 is 10.0 Å². The van der Waals surface area contributed by atoms with E-state index >= 15 is 0 Å². The molecule has 0 aliphatic carbocycles. The lowest BCUT2D eigenvalue weighted by Crippen LogP contribution is -2.41. The molecule has 3 rings (SSSR count). The Bertz CT molecular complexity index is 648. The van der Waals surface area contributed by atoms with Crippen LogP contribution in [0.15, 0.2) is 12.4 Å². The molecule has 1 aromatic rings. The fourth-order valence-corrected chi connectivity index (χ4v) is 4.10. The lowest BCUT2D eigenvalue weighted by Gasteiger charge is -2.31. The second-order valence-corrected chi connectivity index (χ2v) is 8.35. The number of anilines is 2. The third-order valence-corrected chi connectivity index (χ3v) is 5.78. The van der Waals surface area contributed by atoms with E-state index in [-0.39, 0.29) is 0 Å². The van der Waals surface area contributed by atoms with Crippen molar-refractivity contribution in [2.45, 2.75) is 12.8 Å². The molecule has 0 amide bonds. The molecule has 9 heteroatoms. The van der Waals surface area contributed by atoms with Gasteiger partial charge in [-0.05, 0) is 18.8 Å². The minimum atomic E-state index is -3.10. The molecule has 1 aromatic heterocycles. The van der Waals surface area contributed by atoms with Gasteiger partial charge in [-0.1, -0.05) is 0 Å². The molecule has 1 unspecified atom stereocenters. The van der Waals surface area contributed by atoms with Crippen molar-refractivity contribution in [3.63, 3.8) is 0 Å². The number of morpholine rings is 1. The Morgan fingerprint density at radius 3 is 2.83 bits per heavy atom. The number of hydrogen-bond acceptors (Lipinski definition) is 7. The molecule has 134 valence electrons. The maximum Gasteiger partial charge on any atom is 0.211 e. The van der Waals surface area contributed by atoms with Crippen molar-refractivity contribution < 1.29 is 13.2 Å². The highest BCUT2D eigenvalue weighted by Crippen LogP contribution is 2.20. The summed E-state index contributed by atoms with van der Waals surface area (Å²) in [7, 11) is -3.10. The standard InChI is InChI=1S/C15H25N5O3S/c1-24(21,22)20-4-2-3-13(11-20)10-16-14-9-15(18-12-17-14)19-5-7-23-8-6-19/h9,12-13H,2-8,10-11H2,1H3,(H,16,17,18). The Labute approximate surface area is 143 Å². The first-order chi connectivity index (χ1) is 11.5. The normalized spacial score (nSPS) is 23.2. The Kier molecular flexibility index (Phi) is 5.52. The van der Waals surface area contributed by atoms with E-state index in [1.807, 2.05) is 6.07 Å². The number of nitrogens with zero attached hydrogens (tertiary/aromatic N) is 4. The number of nitrogens with one attached hydrogen (secondary N) is 1. The van der Waals surface area contributed by atoms with Crippen LogP contribution in [0, 0.1) is 5.92 Å². The average Bonchev–Trinajstić information content (AvgIpc) is 2.61. The molecule has 2 aliphatic heterocycles. The van der Waals surface area contributed by atoms with E-state index in [1.165, 1.54) is 6.26 Å². The molecule has 24 heavy (non-hydrogen) atoms. The van der Waals surface area contributed by atoms with Gasteiger partial charge in [0.1, 0.15) is 18.0 Å². The zero-order valence-electron chi connectivity index (χ0n) is 14.0. The fraction of sp³-hybridized carbons (Fsp3) is 0.733. The molecule has 1 atom stereocenters. The third kappa shape index (κ3) is 4.55. The maximum atomic E-state index is 11.7. The van der Waals surface area contributed by atoms with Gasteiger partial charge in [0, 0.05) is 38.8 Å². The van der Waals surface area contributed by atoms with Gasteiger partial charge in [0.05, 0.1) is 19.5 Å². The molecule has 0 radical (unpaired) electrons. The van der Waals surface area contributed by atoms with Gasteiger partial charge < -0.3 is 15.0 Å². The number of piperidine rings is 1. The van der Waals surface area contributed by atoms with Gasteiger partial charge in [-0.2, -0.15) is 0 Å². The van der Waals surface area contributed by atoms with Gasteiger partial charge in [-0.25, -0.2) is 22.7 Å². The summed E-state index contributed by atoms with van der Waals surface area (Å²) < 4.78 is 30.3. The fourth-order valence-electron chi connectivity index (χ4n) is 3.15. The van der Waals surface area contributed by atoms with Crippen molar-refractivity contribution >= 4 is 21.7 Å². The van der Waals surface area contributed by atoms with Gasteiger partial charge in [-0.15, -0.1) is 0 Å². The molecule has 8 nitrogen and oxygen atoms in total. The zero-order valence-corrected chi connectivity index (χ0v) is 14.8. The van der Waals surface area contributed by atoms with E-state index in [4.69, 9.17) is 4.74 Å². The van der Waals surface area contributed by atoms with Crippen LogP contribution in [0.5, 0.6) is 0 Å². The summed E-state index contributed by atoms with van der Waals surface area (Å²) in [5, 5.41) is 3.34. The zero-order chi connectivity index (χ0) is 17.0. The van der Waals surface area contributed by atoms with Gasteiger partial charge in [0.15, 0.2) is 0 Å². The first-order valence-electron chi connectivity index (χ1n) is 8.36. The summed E-state index contributed by atoms with van der Waals surface area (Å²) in [6.45, 7) is 5.03. The minimum Gasteiger partial charge on any atom is -0.378 e. The van der Waals surface area contributed by atoms with Gasteiger partial charge in [0.2, 0.25) is 10.0 Å². The highest BCUT2D eigenvalue weighted by Gasteiger charge is 2.25. The lowest BCUT2D eigenvalue weighted by molar-refractivity contribution is 0.122. The molecule has 2 fully saturated rings. The Balaban J connectivity index is 1.56. The Morgan fingerprint density at radius 2 is 2.08 bits per heavy atom. The highest BCUT2D eigenvalue weighted by atomic mass is 32.2. The molecular weight excluding hydrogens is 330 g/mol. The lowest BCUT2D eigenvalue weighted by atomic mass is 10.00. The molecule has 0 aromatic carbocycles. The number of rotatable bonds is 5. The van der Waals surface area contributed by atoms with Crippen molar-refractivity contribution in [2.75, 3.05) is 62.4 Å². The Hall–Kier alpha value is -1.45. The van der Waals surface area contributed by atoms with Gasteiger partial charge >= 0.3 is 0 Å². The van der Waals surface area contributed by atoms with E-state index in [1.54, 1.807) is 10.6 Å². The highest BCUT2D eigenvalue weighted by molar-refractivity contribution is 7.88. The van der Waals surface area contributed by atoms with Crippen LogP contribution in [0.3, 0.4) is 0 Å². The topological polar surface area (TPSA) is 87.7 Å². The number of sulfonamides is 1. The average molecular weight is 355 g/mol. The van der Waals surface area contributed by atoms with Crippen molar-refractivity contribution in [1.29, 1.82) is 0 Å². The predicted molar refractivity (Wildman–Crippen MR) is 92.7 cm³/mol. The maximum absolute atomic E-state index is 11.7. The van der Waals surface area contributed by atoms with Gasteiger partial charge in [0.25, 0.3) is 0 Å². The summed E-state index contributed by atoms with van der Waals surface area (Å²) in [6, 6.07) is 1.95. The quantitative estimate of drug-likeness (QED) is 0.818. The molecule has 2 saturated heterocycles. The van der Waals surface area contributed by atoms with Gasteiger partial charge in [-0.3, -0.25) is 0 Å². The van der Waals surface area contributed by atoms with E-state index in [2.05, 4.69) is 20.2 Å². The SMILES string of the molecule is CS(=O)(=O)N1CCCC(CNc2cc(N3CCOCC3)ncn2)C1.